The highest BCUT2D eigenvalue weighted by atomic mass is 16.5. The van der Waals surface area contributed by atoms with Crippen molar-refractivity contribution in [2.75, 3.05) is 20.2 Å². The summed E-state index contributed by atoms with van der Waals surface area (Å²) in [5.41, 5.74) is 0. The first-order valence-corrected chi connectivity index (χ1v) is 5.39. The predicted octanol–water partition coefficient (Wildman–Crippen LogP) is 0.929. The quantitative estimate of drug-likeness (QED) is 0.785. The maximum atomic E-state index is 5.25. The van der Waals surface area contributed by atoms with E-state index in [-0.39, 0.29) is 6.10 Å². The smallest absolute Gasteiger partial charge is 0.227 e. The average molecular weight is 211 g/mol. The van der Waals surface area contributed by atoms with Gasteiger partial charge in [-0.15, -0.1) is 0 Å². The molecule has 1 saturated heterocycles. The fourth-order valence-electron chi connectivity index (χ4n) is 1.68. The van der Waals surface area contributed by atoms with E-state index in [2.05, 4.69) is 15.5 Å². The molecule has 1 aromatic heterocycles. The SMILES string of the molecule is CCC(OC)c1noc(CC2CNC2)n1. The first-order valence-electron chi connectivity index (χ1n) is 5.39. The normalized spacial score (nSPS) is 18.8. The zero-order chi connectivity index (χ0) is 10.7. The van der Waals surface area contributed by atoms with E-state index < -0.39 is 0 Å². The Labute approximate surface area is 89.2 Å². The third-order valence-electron chi connectivity index (χ3n) is 2.76. The molecule has 15 heavy (non-hydrogen) atoms. The van der Waals surface area contributed by atoms with Crippen LogP contribution in [0.3, 0.4) is 0 Å². The zero-order valence-corrected chi connectivity index (χ0v) is 9.19. The van der Waals surface area contributed by atoms with Gasteiger partial charge >= 0.3 is 0 Å². The van der Waals surface area contributed by atoms with Gasteiger partial charge in [-0.3, -0.25) is 0 Å². The van der Waals surface area contributed by atoms with Crippen molar-refractivity contribution in [3.8, 4) is 0 Å². The van der Waals surface area contributed by atoms with Crippen LogP contribution in [0, 0.1) is 5.92 Å². The average Bonchev–Trinajstić information content (AvgIpc) is 2.62. The number of rotatable bonds is 5. The lowest BCUT2D eigenvalue weighted by molar-refractivity contribution is 0.0903. The van der Waals surface area contributed by atoms with Gasteiger partial charge in [-0.1, -0.05) is 12.1 Å². The molecule has 2 rings (SSSR count). The second-order valence-corrected chi connectivity index (χ2v) is 3.91. The van der Waals surface area contributed by atoms with Gasteiger partial charge in [0.25, 0.3) is 0 Å². The Morgan fingerprint density at radius 3 is 2.93 bits per heavy atom. The summed E-state index contributed by atoms with van der Waals surface area (Å²) in [5, 5.41) is 7.16. The summed E-state index contributed by atoms with van der Waals surface area (Å²) in [7, 11) is 1.67. The highest BCUT2D eigenvalue weighted by Crippen LogP contribution is 2.18. The van der Waals surface area contributed by atoms with Gasteiger partial charge in [0.2, 0.25) is 11.7 Å². The number of hydrogen-bond acceptors (Lipinski definition) is 5. The Morgan fingerprint density at radius 2 is 2.40 bits per heavy atom. The van der Waals surface area contributed by atoms with Crippen molar-refractivity contribution in [1.29, 1.82) is 0 Å². The summed E-state index contributed by atoms with van der Waals surface area (Å²) in [4.78, 5) is 4.34. The topological polar surface area (TPSA) is 60.2 Å². The third kappa shape index (κ3) is 2.35. The number of aromatic nitrogens is 2. The molecular weight excluding hydrogens is 194 g/mol. The molecule has 2 heterocycles. The van der Waals surface area contributed by atoms with Crippen molar-refractivity contribution in [2.45, 2.75) is 25.9 Å². The molecule has 0 bridgehead atoms. The molecule has 84 valence electrons. The molecule has 1 N–H and O–H groups in total. The highest BCUT2D eigenvalue weighted by molar-refractivity contribution is 4.93. The van der Waals surface area contributed by atoms with E-state index in [1.165, 1.54) is 0 Å². The van der Waals surface area contributed by atoms with E-state index in [1.54, 1.807) is 7.11 Å². The van der Waals surface area contributed by atoms with E-state index in [0.717, 1.165) is 31.8 Å². The molecule has 1 aliphatic rings. The molecular formula is C10H17N3O2. The second kappa shape index (κ2) is 4.72. The molecule has 5 heteroatoms. The summed E-state index contributed by atoms with van der Waals surface area (Å²) in [6.45, 7) is 4.15. The maximum Gasteiger partial charge on any atom is 0.227 e. The van der Waals surface area contributed by atoms with Gasteiger partial charge in [-0.2, -0.15) is 4.98 Å². The summed E-state index contributed by atoms with van der Waals surface area (Å²) in [6, 6.07) is 0. The minimum atomic E-state index is -0.0398. The first-order chi connectivity index (χ1) is 7.33. The Bertz CT molecular complexity index is 305. The summed E-state index contributed by atoms with van der Waals surface area (Å²) in [5.74, 6) is 2.05. The zero-order valence-electron chi connectivity index (χ0n) is 9.19. The van der Waals surface area contributed by atoms with Gasteiger partial charge in [0.05, 0.1) is 0 Å². The van der Waals surface area contributed by atoms with Crippen molar-refractivity contribution in [3.05, 3.63) is 11.7 Å². The molecule has 1 fully saturated rings. The second-order valence-electron chi connectivity index (χ2n) is 3.91. The maximum absolute atomic E-state index is 5.25. The fraction of sp³-hybridized carbons (Fsp3) is 0.800. The molecule has 1 aliphatic heterocycles. The van der Waals surface area contributed by atoms with Gasteiger partial charge in [-0.25, -0.2) is 0 Å². The fourth-order valence-corrected chi connectivity index (χ4v) is 1.68. The summed E-state index contributed by atoms with van der Waals surface area (Å²) >= 11 is 0. The Kier molecular flexibility index (Phi) is 3.33. The Balaban J connectivity index is 1.95. The van der Waals surface area contributed by atoms with Crippen LogP contribution in [0.15, 0.2) is 4.52 Å². The lowest BCUT2D eigenvalue weighted by atomic mass is 10.00. The Morgan fingerprint density at radius 1 is 1.60 bits per heavy atom. The van der Waals surface area contributed by atoms with Crippen LogP contribution in [0.25, 0.3) is 0 Å². The summed E-state index contributed by atoms with van der Waals surface area (Å²) in [6.07, 6.45) is 1.70. The standard InChI is InChI=1S/C10H17N3O2/c1-3-8(14-2)10-12-9(15-13-10)4-7-5-11-6-7/h7-8,11H,3-6H2,1-2H3. The molecule has 0 saturated carbocycles. The van der Waals surface area contributed by atoms with E-state index in [0.29, 0.717) is 11.7 Å². The predicted molar refractivity (Wildman–Crippen MR) is 54.4 cm³/mol. The number of hydrogen-bond donors (Lipinski definition) is 1. The lowest BCUT2D eigenvalue weighted by Gasteiger charge is -2.25. The molecule has 1 atom stereocenters. The van der Waals surface area contributed by atoms with E-state index >= 15 is 0 Å². The number of nitrogens with zero attached hydrogens (tertiary/aromatic N) is 2. The van der Waals surface area contributed by atoms with Crippen LogP contribution in [0.2, 0.25) is 0 Å². The molecule has 5 nitrogen and oxygen atoms in total. The van der Waals surface area contributed by atoms with Crippen LogP contribution in [-0.2, 0) is 11.2 Å². The van der Waals surface area contributed by atoms with Crippen LogP contribution >= 0.6 is 0 Å². The highest BCUT2D eigenvalue weighted by Gasteiger charge is 2.22. The number of nitrogens with one attached hydrogen (secondary N) is 1. The van der Waals surface area contributed by atoms with Crippen molar-refractivity contribution in [3.63, 3.8) is 0 Å². The van der Waals surface area contributed by atoms with Crippen LogP contribution < -0.4 is 5.32 Å². The molecule has 0 aromatic carbocycles. The van der Waals surface area contributed by atoms with Crippen LogP contribution in [0.4, 0.5) is 0 Å². The van der Waals surface area contributed by atoms with E-state index in [4.69, 9.17) is 9.26 Å². The third-order valence-corrected chi connectivity index (χ3v) is 2.76. The van der Waals surface area contributed by atoms with Gasteiger partial charge in [-0.05, 0) is 25.4 Å². The van der Waals surface area contributed by atoms with Crippen molar-refractivity contribution < 1.29 is 9.26 Å². The van der Waals surface area contributed by atoms with Crippen LogP contribution in [0.5, 0.6) is 0 Å². The van der Waals surface area contributed by atoms with Gasteiger partial charge in [0.1, 0.15) is 6.10 Å². The van der Waals surface area contributed by atoms with Crippen LogP contribution in [-0.4, -0.2) is 30.3 Å². The molecule has 0 spiro atoms. The van der Waals surface area contributed by atoms with E-state index in [9.17, 15) is 0 Å². The van der Waals surface area contributed by atoms with E-state index in [1.807, 2.05) is 6.92 Å². The minimum Gasteiger partial charge on any atom is -0.373 e. The number of ether oxygens (including phenoxy) is 1. The molecule has 0 amide bonds. The molecule has 0 radical (unpaired) electrons. The first kappa shape index (κ1) is 10.6. The van der Waals surface area contributed by atoms with Crippen molar-refractivity contribution in [1.82, 2.24) is 15.5 Å². The molecule has 0 aliphatic carbocycles. The molecule has 1 unspecified atom stereocenters. The monoisotopic (exact) mass is 211 g/mol. The summed E-state index contributed by atoms with van der Waals surface area (Å²) < 4.78 is 10.4. The van der Waals surface area contributed by atoms with Gasteiger partial charge in [0.15, 0.2) is 0 Å². The number of methoxy groups -OCH3 is 1. The minimum absolute atomic E-state index is 0.0398. The van der Waals surface area contributed by atoms with Crippen LogP contribution in [0.1, 0.15) is 31.2 Å². The van der Waals surface area contributed by atoms with Crippen molar-refractivity contribution in [2.24, 2.45) is 5.92 Å². The molecule has 1 aromatic rings. The van der Waals surface area contributed by atoms with Gasteiger partial charge in [0, 0.05) is 13.5 Å². The largest absolute Gasteiger partial charge is 0.373 e. The lowest BCUT2D eigenvalue weighted by Crippen LogP contribution is -2.43. The Hall–Kier alpha value is -0.940. The van der Waals surface area contributed by atoms with Gasteiger partial charge < -0.3 is 14.6 Å². The van der Waals surface area contributed by atoms with Crippen molar-refractivity contribution >= 4 is 0 Å².